The predicted molar refractivity (Wildman–Crippen MR) is 164 cm³/mol. The Bertz CT molecular complexity index is 1700. The van der Waals surface area contributed by atoms with Gasteiger partial charge in [0, 0.05) is 12.4 Å². The van der Waals surface area contributed by atoms with Crippen LogP contribution in [-0.2, 0) is 4.87 Å². The largest absolute Gasteiger partial charge is 0.260 e. The average molecular weight is 596 g/mol. The average Bonchev–Trinajstić information content (AvgIpc) is 3.49. The van der Waals surface area contributed by atoms with Crippen molar-refractivity contribution in [2.45, 2.75) is 10.8 Å². The number of hydrogen-bond donors (Lipinski definition) is 0. The topological polar surface area (TPSA) is 25.8 Å². The van der Waals surface area contributed by atoms with Crippen LogP contribution in [0.5, 0.6) is 0 Å². The molecule has 8 rings (SSSR count). The van der Waals surface area contributed by atoms with E-state index in [0.29, 0.717) is 0 Å². The number of halogens is 3. The highest BCUT2D eigenvalue weighted by molar-refractivity contribution is 6.30. The molecular formula is C36H29Cl3N2+2. The summed E-state index contributed by atoms with van der Waals surface area (Å²) in [7, 11) is 0. The number of rotatable bonds is 2. The van der Waals surface area contributed by atoms with E-state index in [1.165, 1.54) is 33.4 Å². The third kappa shape index (κ3) is 4.73. The normalized spacial score (nSPS) is 13.2. The first-order valence-corrected chi connectivity index (χ1v) is 13.5. The highest BCUT2D eigenvalue weighted by Gasteiger charge is 2.43. The van der Waals surface area contributed by atoms with Crippen molar-refractivity contribution in [3.63, 3.8) is 0 Å². The SMILES string of the molecule is ClC1(c2ccccn2)c2ccccc2-c2ccccc21.[ClH2+].[ClH2+].c1ccc(C2c3ccccc3-c3ccccc32)nc1. The molecule has 0 bridgehead atoms. The quantitative estimate of drug-likeness (QED) is 0.191. The van der Waals surface area contributed by atoms with Crippen LogP contribution in [-0.4, -0.2) is 9.97 Å². The van der Waals surface area contributed by atoms with Gasteiger partial charge in [-0.2, -0.15) is 0 Å². The Morgan fingerprint density at radius 3 is 1.39 bits per heavy atom. The van der Waals surface area contributed by atoms with Crippen molar-refractivity contribution in [2.24, 2.45) is 0 Å². The lowest BCUT2D eigenvalue weighted by molar-refractivity contribution is -0.00100. The van der Waals surface area contributed by atoms with E-state index in [4.69, 9.17) is 11.6 Å². The minimum absolute atomic E-state index is 0. The molecule has 0 saturated carbocycles. The molecule has 0 N–H and O–H groups in total. The molecule has 0 unspecified atom stereocenters. The first-order chi connectivity index (χ1) is 19.3. The Morgan fingerprint density at radius 1 is 0.463 bits per heavy atom. The molecule has 0 radical (unpaired) electrons. The molecule has 2 aliphatic rings. The summed E-state index contributed by atoms with van der Waals surface area (Å²) < 4.78 is 0. The van der Waals surface area contributed by atoms with Gasteiger partial charge in [-0.15, -0.1) is 11.6 Å². The molecule has 2 aromatic heterocycles. The predicted octanol–water partition coefficient (Wildman–Crippen LogP) is 7.76. The maximum atomic E-state index is 7.09. The molecule has 41 heavy (non-hydrogen) atoms. The van der Waals surface area contributed by atoms with E-state index in [9.17, 15) is 0 Å². The number of benzene rings is 4. The van der Waals surface area contributed by atoms with Crippen LogP contribution in [0, 0.1) is 24.8 Å². The van der Waals surface area contributed by atoms with Gasteiger partial charge in [-0.1, -0.05) is 109 Å². The van der Waals surface area contributed by atoms with Crippen LogP contribution in [0.25, 0.3) is 22.3 Å². The molecule has 6 aromatic rings. The summed E-state index contributed by atoms with van der Waals surface area (Å²) in [4.78, 5) is 8.37. The Hall–Kier alpha value is -3.95. The van der Waals surface area contributed by atoms with Gasteiger partial charge in [-0.25, -0.2) is 0 Å². The van der Waals surface area contributed by atoms with Crippen LogP contribution in [0.2, 0.25) is 0 Å². The number of hydrogen-bond acceptors (Lipinski definition) is 2. The van der Waals surface area contributed by atoms with Gasteiger partial charge in [0.1, 0.15) is 4.87 Å². The fourth-order valence-electron chi connectivity index (χ4n) is 6.05. The number of nitrogens with zero attached hydrogens (tertiary/aromatic N) is 2. The molecule has 0 spiro atoms. The van der Waals surface area contributed by atoms with Crippen LogP contribution < -0.4 is 0 Å². The summed E-state index contributed by atoms with van der Waals surface area (Å²) in [6, 6.07) is 45.9. The summed E-state index contributed by atoms with van der Waals surface area (Å²) >= 11 is 7.09. The zero-order valence-corrected chi connectivity index (χ0v) is 24.6. The van der Waals surface area contributed by atoms with Crippen LogP contribution in [0.1, 0.15) is 39.6 Å². The second-order valence-corrected chi connectivity index (χ2v) is 10.4. The number of fused-ring (bicyclic) bond motifs is 6. The third-order valence-electron chi connectivity index (χ3n) is 7.72. The summed E-state index contributed by atoms with van der Waals surface area (Å²) in [6.45, 7) is 0. The van der Waals surface area contributed by atoms with Gasteiger partial charge in [-0.3, -0.25) is 9.97 Å². The van der Waals surface area contributed by atoms with Gasteiger partial charge >= 0.3 is 0 Å². The molecule has 0 amide bonds. The number of alkyl halides is 1. The van der Waals surface area contributed by atoms with Crippen molar-refractivity contribution < 1.29 is 24.8 Å². The summed E-state index contributed by atoms with van der Waals surface area (Å²) in [5, 5.41) is 0. The number of aromatic nitrogens is 2. The van der Waals surface area contributed by atoms with Crippen LogP contribution >= 0.6 is 11.6 Å². The third-order valence-corrected chi connectivity index (χ3v) is 8.32. The zero-order valence-electron chi connectivity index (χ0n) is 22.1. The van der Waals surface area contributed by atoms with E-state index in [-0.39, 0.29) is 30.7 Å². The van der Waals surface area contributed by atoms with Gasteiger partial charge in [0.2, 0.25) is 0 Å². The van der Waals surface area contributed by atoms with E-state index < -0.39 is 4.87 Å². The smallest absolute Gasteiger partial charge is 0.137 e. The maximum Gasteiger partial charge on any atom is 0.137 e. The molecule has 202 valence electrons. The second-order valence-electron chi connectivity index (χ2n) is 9.83. The van der Waals surface area contributed by atoms with Crippen molar-refractivity contribution in [1.82, 2.24) is 9.97 Å². The van der Waals surface area contributed by atoms with E-state index in [1.807, 2.05) is 42.6 Å². The molecular weight excluding hydrogens is 567 g/mol. The lowest BCUT2D eigenvalue weighted by Gasteiger charge is -2.23. The van der Waals surface area contributed by atoms with E-state index in [0.717, 1.165) is 22.5 Å². The van der Waals surface area contributed by atoms with Gasteiger partial charge < -0.3 is 0 Å². The molecule has 0 fully saturated rings. The Morgan fingerprint density at radius 2 is 0.902 bits per heavy atom. The van der Waals surface area contributed by atoms with Crippen molar-refractivity contribution in [3.05, 3.63) is 179 Å². The molecule has 0 aliphatic heterocycles. The van der Waals surface area contributed by atoms with Crippen LogP contribution in [0.4, 0.5) is 0 Å². The zero-order chi connectivity index (χ0) is 26.2. The summed E-state index contributed by atoms with van der Waals surface area (Å²) in [6.07, 6.45) is 3.67. The van der Waals surface area contributed by atoms with Crippen LogP contribution in [0.3, 0.4) is 0 Å². The Labute approximate surface area is 257 Å². The minimum atomic E-state index is -0.686. The Kier molecular flexibility index (Phi) is 8.28. The molecule has 0 atom stereocenters. The standard InChI is InChI=1S/C18H12ClN.C18H13N.2ClH2/c19-18(17-11-5-6-12-20-17)15-9-3-1-7-13(15)14-8-2-4-10-16(14)18;1-3-9-15-13(7-1)14-8-2-4-10-16(14)18(15)17-11-5-6-12-19-17;;/h1-12H;1-12,18H;2*1H2/q;;2*+1. The first kappa shape index (κ1) is 28.6. The molecule has 0 saturated heterocycles. The van der Waals surface area contributed by atoms with E-state index in [2.05, 4.69) is 107 Å². The molecule has 2 heterocycles. The van der Waals surface area contributed by atoms with Gasteiger partial charge in [0.25, 0.3) is 0 Å². The molecule has 4 aromatic carbocycles. The maximum absolute atomic E-state index is 7.09. The molecule has 2 aliphatic carbocycles. The highest BCUT2D eigenvalue weighted by atomic mass is 35.5. The fraction of sp³-hybridized carbons (Fsp3) is 0.0556. The van der Waals surface area contributed by atoms with Gasteiger partial charge in [0.05, 0.1) is 42.1 Å². The summed E-state index contributed by atoms with van der Waals surface area (Å²) in [5.74, 6) is 0.272. The lowest BCUT2D eigenvalue weighted by atomic mass is 9.92. The summed E-state index contributed by atoms with van der Waals surface area (Å²) in [5.41, 5.74) is 12.0. The van der Waals surface area contributed by atoms with Crippen molar-refractivity contribution in [3.8, 4) is 22.3 Å². The van der Waals surface area contributed by atoms with E-state index >= 15 is 0 Å². The monoisotopic (exact) mass is 594 g/mol. The van der Waals surface area contributed by atoms with Crippen molar-refractivity contribution >= 4 is 11.6 Å². The van der Waals surface area contributed by atoms with Crippen molar-refractivity contribution in [2.75, 3.05) is 0 Å². The minimum Gasteiger partial charge on any atom is -0.260 e. The molecule has 2 nitrogen and oxygen atoms in total. The molecule has 5 heteroatoms. The number of pyridine rings is 2. The first-order valence-electron chi connectivity index (χ1n) is 13.2. The van der Waals surface area contributed by atoms with Crippen molar-refractivity contribution in [1.29, 1.82) is 0 Å². The Balaban J connectivity index is 0.000000157. The van der Waals surface area contributed by atoms with Gasteiger partial charge in [0.15, 0.2) is 0 Å². The van der Waals surface area contributed by atoms with Crippen LogP contribution in [0.15, 0.2) is 146 Å². The van der Waals surface area contributed by atoms with Gasteiger partial charge in [-0.05, 0) is 68.8 Å². The fourth-order valence-corrected chi connectivity index (χ4v) is 6.49. The lowest BCUT2D eigenvalue weighted by Crippen LogP contribution is -2.20. The highest BCUT2D eigenvalue weighted by Crippen LogP contribution is 2.54. The van der Waals surface area contributed by atoms with E-state index in [1.54, 1.807) is 6.20 Å². The second kappa shape index (κ2) is 11.9.